The summed E-state index contributed by atoms with van der Waals surface area (Å²) in [4.78, 5) is 14.7. The highest BCUT2D eigenvalue weighted by Gasteiger charge is 2.61. The van der Waals surface area contributed by atoms with E-state index in [2.05, 4.69) is 4.72 Å². The second-order valence-corrected chi connectivity index (χ2v) is 12.6. The largest absolute Gasteiger partial charge is 0.444 e. The van der Waals surface area contributed by atoms with E-state index in [4.69, 9.17) is 4.74 Å². The third-order valence-corrected chi connectivity index (χ3v) is 8.14. The molecule has 1 aliphatic heterocycles. The van der Waals surface area contributed by atoms with E-state index in [0.717, 1.165) is 25.0 Å². The van der Waals surface area contributed by atoms with Crippen LogP contribution in [0, 0.1) is 17.0 Å². The molecule has 4 rings (SSSR count). The van der Waals surface area contributed by atoms with Crippen molar-refractivity contribution in [1.29, 1.82) is 0 Å². The second kappa shape index (κ2) is 9.17. The van der Waals surface area contributed by atoms with Crippen LogP contribution in [0.25, 0.3) is 11.1 Å². The Kier molecular flexibility index (Phi) is 6.70. The van der Waals surface area contributed by atoms with Crippen molar-refractivity contribution in [3.8, 4) is 11.1 Å². The lowest BCUT2D eigenvalue weighted by Gasteiger charge is -2.31. The lowest BCUT2D eigenvalue weighted by molar-refractivity contribution is 0.0213. The minimum atomic E-state index is -3.61. The maximum Gasteiger partial charge on any atom is 0.410 e. The van der Waals surface area contributed by atoms with Crippen molar-refractivity contribution in [1.82, 2.24) is 9.62 Å². The Morgan fingerprint density at radius 1 is 1.17 bits per heavy atom. The van der Waals surface area contributed by atoms with Gasteiger partial charge in [-0.25, -0.2) is 26.7 Å². The first-order chi connectivity index (χ1) is 16.3. The number of benzene rings is 2. The molecule has 0 unspecified atom stereocenters. The molecule has 0 bridgehead atoms. The Morgan fingerprint density at radius 3 is 2.40 bits per heavy atom. The van der Waals surface area contributed by atoms with Gasteiger partial charge in [0.25, 0.3) is 0 Å². The van der Waals surface area contributed by atoms with Gasteiger partial charge in [0.15, 0.2) is 0 Å². The molecular weight excluding hydrogens is 474 g/mol. The van der Waals surface area contributed by atoms with E-state index in [1.165, 1.54) is 11.8 Å². The summed E-state index contributed by atoms with van der Waals surface area (Å²) in [5.41, 5.74) is -0.460. The molecule has 1 heterocycles. The van der Waals surface area contributed by atoms with Crippen LogP contribution in [0.2, 0.25) is 0 Å². The van der Waals surface area contributed by atoms with Crippen molar-refractivity contribution >= 4 is 16.1 Å². The number of ether oxygens (including phenoxy) is 1. The summed E-state index contributed by atoms with van der Waals surface area (Å²) in [6.45, 7) is 7.08. The molecule has 2 fully saturated rings. The average molecular weight is 507 g/mol. The maximum atomic E-state index is 15.7. The van der Waals surface area contributed by atoms with E-state index in [1.807, 2.05) is 0 Å². The van der Waals surface area contributed by atoms with Gasteiger partial charge in [0.1, 0.15) is 17.2 Å². The molecule has 1 N–H and O–H groups in total. The molecule has 1 spiro atoms. The highest BCUT2D eigenvalue weighted by molar-refractivity contribution is 7.89. The number of carbonyl (C=O) groups excluding carboxylic acids is 1. The fourth-order valence-corrected chi connectivity index (χ4v) is 5.81. The van der Waals surface area contributed by atoms with E-state index in [0.29, 0.717) is 12.1 Å². The van der Waals surface area contributed by atoms with E-state index in [1.54, 1.807) is 51.1 Å². The van der Waals surface area contributed by atoms with Crippen molar-refractivity contribution in [3.05, 3.63) is 59.7 Å². The molecule has 1 saturated heterocycles. The lowest BCUT2D eigenvalue weighted by atomic mass is 9.91. The van der Waals surface area contributed by atoms with Gasteiger partial charge < -0.3 is 9.64 Å². The first-order valence-electron chi connectivity index (χ1n) is 11.9. The molecule has 6 nitrogen and oxygen atoms in total. The monoisotopic (exact) mass is 506 g/mol. The predicted octanol–water partition coefficient (Wildman–Crippen LogP) is 4.88. The standard InChI is InChI=1S/C26H32F2N2O4S/c1-5-35(32,33)29-23-21(30(16-26(23)11-12-26)24(31)34-25(2,3)4)14-18-13-19(27)15-20(22(18)28)17-9-7-6-8-10-17/h6-10,13,15,21,23,29H,5,11-12,14,16H2,1-4H3/t21-,23+/m0/s1. The number of carbonyl (C=O) groups is 1. The van der Waals surface area contributed by atoms with Crippen molar-refractivity contribution < 1.29 is 26.7 Å². The molecule has 35 heavy (non-hydrogen) atoms. The van der Waals surface area contributed by atoms with E-state index in [9.17, 15) is 17.6 Å². The quantitative estimate of drug-likeness (QED) is 0.606. The van der Waals surface area contributed by atoms with Gasteiger partial charge in [0, 0.05) is 23.6 Å². The molecule has 2 aromatic rings. The predicted molar refractivity (Wildman–Crippen MR) is 130 cm³/mol. The molecule has 2 aromatic carbocycles. The zero-order valence-electron chi connectivity index (χ0n) is 20.5. The van der Waals surface area contributed by atoms with Crippen molar-refractivity contribution in [3.63, 3.8) is 0 Å². The van der Waals surface area contributed by atoms with Gasteiger partial charge in [-0.2, -0.15) is 0 Å². The zero-order valence-corrected chi connectivity index (χ0v) is 21.3. The molecule has 1 saturated carbocycles. The van der Waals surface area contributed by atoms with Crippen molar-refractivity contribution in [2.75, 3.05) is 12.3 Å². The number of nitrogens with zero attached hydrogens (tertiary/aromatic N) is 1. The smallest absolute Gasteiger partial charge is 0.410 e. The normalized spacial score (nSPS) is 21.4. The van der Waals surface area contributed by atoms with Gasteiger partial charge >= 0.3 is 6.09 Å². The van der Waals surface area contributed by atoms with Crippen LogP contribution in [0.15, 0.2) is 42.5 Å². The zero-order chi connectivity index (χ0) is 25.6. The molecule has 1 amide bonds. The fraction of sp³-hybridized carbons (Fsp3) is 0.500. The van der Waals surface area contributed by atoms with Gasteiger partial charge in [-0.3, -0.25) is 0 Å². The summed E-state index contributed by atoms with van der Waals surface area (Å²) in [5, 5.41) is 0. The Balaban J connectivity index is 1.75. The first kappa shape index (κ1) is 25.6. The Morgan fingerprint density at radius 2 is 1.83 bits per heavy atom. The number of hydrogen-bond donors (Lipinski definition) is 1. The van der Waals surface area contributed by atoms with E-state index < -0.39 is 50.9 Å². The summed E-state index contributed by atoms with van der Waals surface area (Å²) in [6, 6.07) is 9.59. The van der Waals surface area contributed by atoms with Gasteiger partial charge in [-0.1, -0.05) is 30.3 Å². The highest BCUT2D eigenvalue weighted by Crippen LogP contribution is 2.56. The molecule has 0 radical (unpaired) electrons. The molecule has 190 valence electrons. The fourth-order valence-electron chi connectivity index (χ4n) is 4.85. The van der Waals surface area contributed by atoms with Crippen LogP contribution >= 0.6 is 0 Å². The average Bonchev–Trinajstić information content (AvgIpc) is 3.50. The van der Waals surface area contributed by atoms with Crippen LogP contribution in [0.3, 0.4) is 0 Å². The summed E-state index contributed by atoms with van der Waals surface area (Å²) in [7, 11) is -3.61. The lowest BCUT2D eigenvalue weighted by Crippen LogP contribution is -2.50. The van der Waals surface area contributed by atoms with Gasteiger partial charge in [-0.15, -0.1) is 0 Å². The van der Waals surface area contributed by atoms with Crippen molar-refractivity contribution in [2.24, 2.45) is 5.41 Å². The third kappa shape index (κ3) is 5.51. The van der Waals surface area contributed by atoms with Crippen LogP contribution in [0.1, 0.15) is 46.1 Å². The SMILES string of the molecule is CCS(=O)(=O)N[C@@H]1[C@H](Cc2cc(F)cc(-c3ccccc3)c2F)N(C(=O)OC(C)(C)C)CC12CC2. The maximum absolute atomic E-state index is 15.7. The van der Waals surface area contributed by atoms with Crippen LogP contribution in [-0.2, 0) is 21.2 Å². The molecule has 9 heteroatoms. The van der Waals surface area contributed by atoms with E-state index in [-0.39, 0.29) is 23.3 Å². The molecule has 0 aromatic heterocycles. The molecule has 2 atom stereocenters. The van der Waals surface area contributed by atoms with Gasteiger partial charge in [0.05, 0.1) is 11.8 Å². The molecule has 2 aliphatic rings. The Hall–Kier alpha value is -2.52. The topological polar surface area (TPSA) is 75.7 Å². The summed E-state index contributed by atoms with van der Waals surface area (Å²) >= 11 is 0. The van der Waals surface area contributed by atoms with Crippen molar-refractivity contribution in [2.45, 2.75) is 64.6 Å². The first-order valence-corrected chi connectivity index (χ1v) is 13.5. The summed E-state index contributed by atoms with van der Waals surface area (Å²) < 4.78 is 63.8. The van der Waals surface area contributed by atoms with Crippen LogP contribution in [0.5, 0.6) is 0 Å². The van der Waals surface area contributed by atoms with Crippen LogP contribution in [0.4, 0.5) is 13.6 Å². The van der Waals surface area contributed by atoms with Gasteiger partial charge in [-0.05, 0) is 70.2 Å². The Labute approximate surface area is 205 Å². The number of nitrogens with one attached hydrogen (secondary N) is 1. The van der Waals surface area contributed by atoms with E-state index >= 15 is 4.39 Å². The van der Waals surface area contributed by atoms with Crippen LogP contribution < -0.4 is 4.72 Å². The number of hydrogen-bond acceptors (Lipinski definition) is 4. The number of sulfonamides is 1. The number of halogens is 2. The highest BCUT2D eigenvalue weighted by atomic mass is 32.2. The minimum absolute atomic E-state index is 0.0542. The number of likely N-dealkylation sites (tertiary alicyclic amines) is 1. The minimum Gasteiger partial charge on any atom is -0.444 e. The van der Waals surface area contributed by atoms with Gasteiger partial charge in [0.2, 0.25) is 10.0 Å². The third-order valence-electron chi connectivity index (χ3n) is 6.76. The summed E-state index contributed by atoms with van der Waals surface area (Å²) in [6.07, 6.45) is 0.828. The molecular formula is C26H32F2N2O4S. The second-order valence-electron chi connectivity index (χ2n) is 10.5. The number of amides is 1. The van der Waals surface area contributed by atoms with Crippen LogP contribution in [-0.4, -0.2) is 49.4 Å². The molecule has 1 aliphatic carbocycles. The Bertz CT molecular complexity index is 1210. The summed E-state index contributed by atoms with van der Waals surface area (Å²) in [5.74, 6) is -1.31. The number of rotatable bonds is 6.